The van der Waals surface area contributed by atoms with Crippen molar-refractivity contribution >= 4 is 11.7 Å². The van der Waals surface area contributed by atoms with E-state index in [0.717, 1.165) is 0 Å². The van der Waals surface area contributed by atoms with Gasteiger partial charge in [0.05, 0.1) is 18.7 Å². The Labute approximate surface area is 110 Å². The van der Waals surface area contributed by atoms with Crippen molar-refractivity contribution in [2.24, 2.45) is 0 Å². The summed E-state index contributed by atoms with van der Waals surface area (Å²) in [5.74, 6) is 0.624. The minimum Gasteiger partial charge on any atom is -0.462 e. The number of rotatable bonds is 5. The summed E-state index contributed by atoms with van der Waals surface area (Å²) in [6.45, 7) is 4.20. The molecule has 0 saturated heterocycles. The van der Waals surface area contributed by atoms with Gasteiger partial charge in [0, 0.05) is 12.6 Å². The Morgan fingerprint density at radius 1 is 1.37 bits per heavy atom. The number of nitrogens with one attached hydrogen (secondary N) is 1. The Kier molecular flexibility index (Phi) is 4.12. The lowest BCUT2D eigenvalue weighted by Crippen LogP contribution is -2.09. The predicted octanol–water partition coefficient (Wildman–Crippen LogP) is 2.17. The molecule has 0 bridgehead atoms. The van der Waals surface area contributed by atoms with Crippen molar-refractivity contribution in [2.75, 3.05) is 11.9 Å². The molecule has 0 atom stereocenters. The van der Waals surface area contributed by atoms with Crippen molar-refractivity contribution < 1.29 is 13.9 Å². The monoisotopic (exact) mass is 261 g/mol. The minimum absolute atomic E-state index is 0.343. The Morgan fingerprint density at radius 3 is 2.84 bits per heavy atom. The third kappa shape index (κ3) is 3.31. The summed E-state index contributed by atoms with van der Waals surface area (Å²) in [6, 6.07) is 7.13. The number of aryl methyl sites for hydroxylation is 1. The Balaban J connectivity index is 2.09. The molecule has 6 heteroatoms. The van der Waals surface area contributed by atoms with Crippen LogP contribution in [0.15, 0.2) is 28.7 Å². The third-order valence-electron chi connectivity index (χ3n) is 2.42. The van der Waals surface area contributed by atoms with Gasteiger partial charge in [0.2, 0.25) is 11.8 Å². The number of anilines is 1. The highest BCUT2D eigenvalue weighted by Crippen LogP contribution is 2.17. The molecule has 2 aromatic rings. The molecule has 0 radical (unpaired) electrons. The first-order chi connectivity index (χ1) is 9.20. The Morgan fingerprint density at radius 2 is 2.16 bits per heavy atom. The van der Waals surface area contributed by atoms with Crippen molar-refractivity contribution in [1.29, 1.82) is 0 Å². The van der Waals surface area contributed by atoms with Crippen LogP contribution in [0.25, 0.3) is 0 Å². The standard InChI is InChI=1S/C13H15N3O3/c1-3-18-13(17)10-6-4-5-7-11(10)14-8-12-16-15-9(2)19-12/h4-7,14H,3,8H2,1-2H3. The van der Waals surface area contributed by atoms with Crippen LogP contribution in [0.5, 0.6) is 0 Å². The maximum atomic E-state index is 11.8. The number of hydrogen-bond donors (Lipinski definition) is 1. The SMILES string of the molecule is CCOC(=O)c1ccccc1NCc1nnc(C)o1. The average Bonchev–Trinajstić information content (AvgIpc) is 2.83. The summed E-state index contributed by atoms with van der Waals surface area (Å²) in [4.78, 5) is 11.8. The lowest BCUT2D eigenvalue weighted by molar-refractivity contribution is 0.0527. The Bertz CT molecular complexity index is 566. The fraction of sp³-hybridized carbons (Fsp3) is 0.308. The van der Waals surface area contributed by atoms with Gasteiger partial charge < -0.3 is 14.5 Å². The van der Waals surface area contributed by atoms with Gasteiger partial charge in [0.25, 0.3) is 0 Å². The number of aromatic nitrogens is 2. The highest BCUT2D eigenvalue weighted by molar-refractivity contribution is 5.95. The normalized spacial score (nSPS) is 10.2. The topological polar surface area (TPSA) is 77.2 Å². The molecule has 0 saturated carbocycles. The van der Waals surface area contributed by atoms with E-state index in [1.165, 1.54) is 0 Å². The van der Waals surface area contributed by atoms with Gasteiger partial charge in [0.15, 0.2) is 0 Å². The van der Waals surface area contributed by atoms with Crippen molar-refractivity contribution in [3.63, 3.8) is 0 Å². The van der Waals surface area contributed by atoms with Crippen LogP contribution in [-0.2, 0) is 11.3 Å². The molecule has 0 aliphatic carbocycles. The molecule has 1 aromatic heterocycles. The molecule has 0 fully saturated rings. The molecule has 0 aliphatic heterocycles. The van der Waals surface area contributed by atoms with Crippen LogP contribution < -0.4 is 5.32 Å². The first-order valence-electron chi connectivity index (χ1n) is 5.99. The molecule has 0 spiro atoms. The fourth-order valence-electron chi connectivity index (χ4n) is 1.60. The van der Waals surface area contributed by atoms with E-state index in [0.29, 0.717) is 36.2 Å². The largest absolute Gasteiger partial charge is 0.462 e. The van der Waals surface area contributed by atoms with E-state index in [9.17, 15) is 4.79 Å². The second-order valence-corrected chi connectivity index (χ2v) is 3.83. The summed E-state index contributed by atoms with van der Waals surface area (Å²) in [5.41, 5.74) is 1.16. The highest BCUT2D eigenvalue weighted by atomic mass is 16.5. The van der Waals surface area contributed by atoms with Crippen molar-refractivity contribution in [3.05, 3.63) is 41.6 Å². The highest BCUT2D eigenvalue weighted by Gasteiger charge is 2.12. The number of carbonyl (C=O) groups excluding carboxylic acids is 1. The lowest BCUT2D eigenvalue weighted by Gasteiger charge is -2.09. The molecule has 1 aromatic carbocycles. The van der Waals surface area contributed by atoms with Crippen molar-refractivity contribution in [1.82, 2.24) is 10.2 Å². The summed E-state index contributed by atoms with van der Waals surface area (Å²) < 4.78 is 10.2. The van der Waals surface area contributed by atoms with Gasteiger partial charge in [-0.05, 0) is 19.1 Å². The van der Waals surface area contributed by atoms with Crippen LogP contribution in [0.4, 0.5) is 5.69 Å². The zero-order valence-electron chi connectivity index (χ0n) is 10.8. The van der Waals surface area contributed by atoms with E-state index in [2.05, 4.69) is 15.5 Å². The number of esters is 1. The van der Waals surface area contributed by atoms with E-state index in [1.54, 1.807) is 32.0 Å². The molecule has 100 valence electrons. The Hall–Kier alpha value is -2.37. The van der Waals surface area contributed by atoms with Crippen LogP contribution >= 0.6 is 0 Å². The second kappa shape index (κ2) is 5.99. The number of nitrogens with zero attached hydrogens (tertiary/aromatic N) is 2. The van der Waals surface area contributed by atoms with Gasteiger partial charge in [-0.25, -0.2) is 4.79 Å². The van der Waals surface area contributed by atoms with Gasteiger partial charge in [0.1, 0.15) is 0 Å². The summed E-state index contributed by atoms with van der Waals surface area (Å²) in [7, 11) is 0. The van der Waals surface area contributed by atoms with Gasteiger partial charge in [-0.3, -0.25) is 0 Å². The number of para-hydroxylation sites is 1. The number of benzene rings is 1. The van der Waals surface area contributed by atoms with E-state index in [4.69, 9.17) is 9.15 Å². The molecule has 0 amide bonds. The molecular weight excluding hydrogens is 246 g/mol. The summed E-state index contributed by atoms with van der Waals surface area (Å²) in [5, 5.41) is 10.7. The van der Waals surface area contributed by atoms with Crippen molar-refractivity contribution in [3.8, 4) is 0 Å². The molecule has 1 heterocycles. The average molecular weight is 261 g/mol. The maximum Gasteiger partial charge on any atom is 0.340 e. The van der Waals surface area contributed by atoms with Crippen molar-refractivity contribution in [2.45, 2.75) is 20.4 Å². The van der Waals surface area contributed by atoms with E-state index in [1.807, 2.05) is 6.07 Å². The van der Waals surface area contributed by atoms with Crippen LogP contribution in [-0.4, -0.2) is 22.8 Å². The molecule has 2 rings (SSSR count). The van der Waals surface area contributed by atoms with Crippen LogP contribution in [0.2, 0.25) is 0 Å². The second-order valence-electron chi connectivity index (χ2n) is 3.83. The first-order valence-corrected chi connectivity index (χ1v) is 5.99. The number of carbonyl (C=O) groups is 1. The number of hydrogen-bond acceptors (Lipinski definition) is 6. The van der Waals surface area contributed by atoms with E-state index in [-0.39, 0.29) is 5.97 Å². The lowest BCUT2D eigenvalue weighted by atomic mass is 10.2. The molecular formula is C13H15N3O3. The third-order valence-corrected chi connectivity index (χ3v) is 2.42. The van der Waals surface area contributed by atoms with Gasteiger partial charge >= 0.3 is 5.97 Å². The van der Waals surface area contributed by atoms with Gasteiger partial charge in [-0.1, -0.05) is 12.1 Å². The molecule has 1 N–H and O–H groups in total. The molecule has 0 unspecified atom stereocenters. The quantitative estimate of drug-likeness (QED) is 0.831. The van der Waals surface area contributed by atoms with Crippen LogP contribution in [0.3, 0.4) is 0 Å². The summed E-state index contributed by atoms with van der Waals surface area (Å²) in [6.07, 6.45) is 0. The minimum atomic E-state index is -0.354. The number of ether oxygens (including phenoxy) is 1. The zero-order chi connectivity index (χ0) is 13.7. The first kappa shape index (κ1) is 13.1. The summed E-state index contributed by atoms with van der Waals surface area (Å²) >= 11 is 0. The molecule has 0 aliphatic rings. The van der Waals surface area contributed by atoms with Gasteiger partial charge in [-0.2, -0.15) is 0 Å². The fourth-order valence-corrected chi connectivity index (χ4v) is 1.60. The van der Waals surface area contributed by atoms with E-state index >= 15 is 0 Å². The van der Waals surface area contributed by atoms with E-state index < -0.39 is 0 Å². The molecule has 6 nitrogen and oxygen atoms in total. The zero-order valence-corrected chi connectivity index (χ0v) is 10.8. The smallest absolute Gasteiger partial charge is 0.340 e. The van der Waals surface area contributed by atoms with Crippen LogP contribution in [0.1, 0.15) is 29.1 Å². The maximum absolute atomic E-state index is 11.8. The molecule has 19 heavy (non-hydrogen) atoms. The van der Waals surface area contributed by atoms with Gasteiger partial charge in [-0.15, -0.1) is 10.2 Å². The van der Waals surface area contributed by atoms with Crippen LogP contribution in [0, 0.1) is 6.92 Å². The predicted molar refractivity (Wildman–Crippen MR) is 68.8 cm³/mol.